The number of nitrogens with one attached hydrogen (secondary N) is 1. The number of anilines is 1. The summed E-state index contributed by atoms with van der Waals surface area (Å²) in [4.78, 5) is 34.4. The molecule has 0 saturated heterocycles. The van der Waals surface area contributed by atoms with Crippen LogP contribution in [0.3, 0.4) is 0 Å². The zero-order valence-electron chi connectivity index (χ0n) is 22.3. The Hall–Kier alpha value is -3.55. The number of carbonyl (C=O) groups is 1. The van der Waals surface area contributed by atoms with E-state index in [1.54, 1.807) is 53.0 Å². The molecular formula is C30H32Cl2N4O3. The van der Waals surface area contributed by atoms with Crippen LogP contribution in [-0.4, -0.2) is 34.1 Å². The lowest BCUT2D eigenvalue weighted by atomic mass is 10.1. The highest BCUT2D eigenvalue weighted by molar-refractivity contribution is 6.36. The van der Waals surface area contributed by atoms with Crippen LogP contribution in [0.25, 0.3) is 16.6 Å². The van der Waals surface area contributed by atoms with Crippen molar-refractivity contribution in [3.8, 4) is 11.4 Å². The van der Waals surface area contributed by atoms with Crippen LogP contribution in [-0.2, 0) is 0 Å². The molecule has 9 heteroatoms. The number of halogens is 2. The SMILES string of the molecule is CCCCCN(C(=O)Nc1ccc(Cl)cc1Cl)C(CC)c1nc2ccccc2c(=O)n1-c1ccc(OC)cc1. The number of amides is 2. The number of nitrogens with zero attached hydrogens (tertiary/aromatic N) is 3. The summed E-state index contributed by atoms with van der Waals surface area (Å²) in [6.07, 6.45) is 3.29. The zero-order chi connectivity index (χ0) is 27.9. The van der Waals surface area contributed by atoms with Crippen molar-refractivity contribution < 1.29 is 9.53 Å². The van der Waals surface area contributed by atoms with Gasteiger partial charge in [0.2, 0.25) is 0 Å². The first-order valence-corrected chi connectivity index (χ1v) is 13.8. The van der Waals surface area contributed by atoms with E-state index in [4.69, 9.17) is 32.9 Å². The van der Waals surface area contributed by atoms with E-state index in [-0.39, 0.29) is 11.6 Å². The Bertz CT molecular complexity index is 1500. The average molecular weight is 568 g/mol. The van der Waals surface area contributed by atoms with Crippen LogP contribution in [0.5, 0.6) is 5.75 Å². The van der Waals surface area contributed by atoms with Crippen molar-refractivity contribution in [2.75, 3.05) is 19.0 Å². The lowest BCUT2D eigenvalue weighted by Crippen LogP contribution is -2.41. The number of hydrogen-bond donors (Lipinski definition) is 1. The number of ether oxygens (including phenoxy) is 1. The van der Waals surface area contributed by atoms with Gasteiger partial charge in [0.25, 0.3) is 5.56 Å². The molecule has 7 nitrogen and oxygen atoms in total. The molecular weight excluding hydrogens is 535 g/mol. The summed E-state index contributed by atoms with van der Waals surface area (Å²) < 4.78 is 6.92. The minimum atomic E-state index is -0.493. The Balaban J connectivity index is 1.85. The number of aromatic nitrogens is 2. The molecule has 0 fully saturated rings. The molecule has 0 saturated carbocycles. The van der Waals surface area contributed by atoms with Crippen LogP contribution in [0.15, 0.2) is 71.5 Å². The third-order valence-electron chi connectivity index (χ3n) is 6.63. The van der Waals surface area contributed by atoms with Gasteiger partial charge in [-0.2, -0.15) is 0 Å². The van der Waals surface area contributed by atoms with E-state index < -0.39 is 6.04 Å². The van der Waals surface area contributed by atoms with Gasteiger partial charge in [-0.25, -0.2) is 9.78 Å². The molecule has 2 amide bonds. The zero-order valence-corrected chi connectivity index (χ0v) is 23.8. The second kappa shape index (κ2) is 13.0. The van der Waals surface area contributed by atoms with Crippen molar-refractivity contribution in [3.63, 3.8) is 0 Å². The lowest BCUT2D eigenvalue weighted by Gasteiger charge is -2.32. The van der Waals surface area contributed by atoms with Gasteiger partial charge in [0.05, 0.1) is 40.5 Å². The Morgan fingerprint density at radius 3 is 2.46 bits per heavy atom. The fourth-order valence-electron chi connectivity index (χ4n) is 4.61. The Labute approximate surface area is 238 Å². The summed E-state index contributed by atoms with van der Waals surface area (Å²) in [6, 6.07) is 18.6. The van der Waals surface area contributed by atoms with Gasteiger partial charge in [0.1, 0.15) is 11.6 Å². The molecule has 4 aromatic rings. The van der Waals surface area contributed by atoms with Crippen molar-refractivity contribution in [1.82, 2.24) is 14.5 Å². The molecule has 1 unspecified atom stereocenters. The smallest absolute Gasteiger partial charge is 0.322 e. The van der Waals surface area contributed by atoms with Gasteiger partial charge in [0.15, 0.2) is 0 Å². The van der Waals surface area contributed by atoms with E-state index in [9.17, 15) is 9.59 Å². The molecule has 0 aliphatic carbocycles. The third-order valence-corrected chi connectivity index (χ3v) is 7.18. The first-order valence-electron chi connectivity index (χ1n) is 13.1. The maximum absolute atomic E-state index is 13.9. The van der Waals surface area contributed by atoms with Gasteiger partial charge in [0, 0.05) is 11.6 Å². The highest BCUT2D eigenvalue weighted by Crippen LogP contribution is 2.30. The van der Waals surface area contributed by atoms with Gasteiger partial charge in [-0.05, 0) is 67.4 Å². The molecule has 0 aliphatic heterocycles. The second-order valence-electron chi connectivity index (χ2n) is 9.20. The summed E-state index contributed by atoms with van der Waals surface area (Å²) in [7, 11) is 1.59. The predicted molar refractivity (Wildman–Crippen MR) is 159 cm³/mol. The number of hydrogen-bond acceptors (Lipinski definition) is 4. The van der Waals surface area contributed by atoms with E-state index >= 15 is 0 Å². The number of benzene rings is 3. The fourth-order valence-corrected chi connectivity index (χ4v) is 5.06. The molecule has 0 bridgehead atoms. The molecule has 1 heterocycles. The molecule has 204 valence electrons. The Morgan fingerprint density at radius 2 is 1.79 bits per heavy atom. The third kappa shape index (κ3) is 6.37. The molecule has 3 aromatic carbocycles. The van der Waals surface area contributed by atoms with Crippen LogP contribution in [0.2, 0.25) is 10.0 Å². The summed E-state index contributed by atoms with van der Waals surface area (Å²) in [5.41, 5.74) is 1.48. The minimum Gasteiger partial charge on any atom is -0.497 e. The first kappa shape index (κ1) is 28.5. The van der Waals surface area contributed by atoms with Crippen molar-refractivity contribution >= 4 is 45.8 Å². The Morgan fingerprint density at radius 1 is 1.05 bits per heavy atom. The van der Waals surface area contributed by atoms with Crippen LogP contribution in [0, 0.1) is 0 Å². The van der Waals surface area contributed by atoms with E-state index in [2.05, 4.69) is 12.2 Å². The normalized spacial score (nSPS) is 11.8. The van der Waals surface area contributed by atoms with Gasteiger partial charge in [-0.15, -0.1) is 0 Å². The van der Waals surface area contributed by atoms with E-state index in [0.717, 1.165) is 19.3 Å². The van der Waals surface area contributed by atoms with Crippen LogP contribution >= 0.6 is 23.2 Å². The highest BCUT2D eigenvalue weighted by atomic mass is 35.5. The average Bonchev–Trinajstić information content (AvgIpc) is 2.94. The van der Waals surface area contributed by atoms with Crippen molar-refractivity contribution in [1.29, 1.82) is 0 Å². The summed E-state index contributed by atoms with van der Waals surface area (Å²) in [5, 5.41) is 4.27. The number of rotatable bonds is 10. The quantitative estimate of drug-likeness (QED) is 0.198. The maximum Gasteiger partial charge on any atom is 0.322 e. The molecule has 1 N–H and O–H groups in total. The van der Waals surface area contributed by atoms with Crippen LogP contribution < -0.4 is 15.6 Å². The van der Waals surface area contributed by atoms with E-state index in [0.29, 0.717) is 56.9 Å². The molecule has 1 atom stereocenters. The second-order valence-corrected chi connectivity index (χ2v) is 10.0. The molecule has 0 radical (unpaired) electrons. The van der Waals surface area contributed by atoms with Gasteiger partial charge < -0.3 is 15.0 Å². The largest absolute Gasteiger partial charge is 0.497 e. The maximum atomic E-state index is 13.9. The van der Waals surface area contributed by atoms with E-state index in [1.807, 2.05) is 37.3 Å². The Kier molecular flexibility index (Phi) is 9.49. The molecule has 0 spiro atoms. The molecule has 4 rings (SSSR count). The summed E-state index contributed by atoms with van der Waals surface area (Å²) >= 11 is 12.4. The fraction of sp³-hybridized carbons (Fsp3) is 0.300. The monoisotopic (exact) mass is 566 g/mol. The number of urea groups is 1. The molecule has 1 aromatic heterocycles. The van der Waals surface area contributed by atoms with Gasteiger partial charge in [-0.1, -0.05) is 62.0 Å². The van der Waals surface area contributed by atoms with Crippen LogP contribution in [0.1, 0.15) is 51.4 Å². The topological polar surface area (TPSA) is 76.5 Å². The lowest BCUT2D eigenvalue weighted by molar-refractivity contribution is 0.179. The number of fused-ring (bicyclic) bond motifs is 1. The van der Waals surface area contributed by atoms with Crippen molar-refractivity contribution in [2.24, 2.45) is 0 Å². The molecule has 39 heavy (non-hydrogen) atoms. The van der Waals surface area contributed by atoms with Gasteiger partial charge in [-0.3, -0.25) is 9.36 Å². The number of methoxy groups -OCH3 is 1. The molecule has 0 aliphatic rings. The summed E-state index contributed by atoms with van der Waals surface area (Å²) in [5.74, 6) is 1.16. The van der Waals surface area contributed by atoms with Crippen molar-refractivity contribution in [3.05, 3.63) is 93.0 Å². The highest BCUT2D eigenvalue weighted by Gasteiger charge is 2.29. The number of carbonyl (C=O) groups excluding carboxylic acids is 1. The number of unbranched alkanes of at least 4 members (excludes halogenated alkanes) is 2. The van der Waals surface area contributed by atoms with E-state index in [1.165, 1.54) is 0 Å². The number of para-hydroxylation sites is 1. The van der Waals surface area contributed by atoms with Crippen molar-refractivity contribution in [2.45, 2.75) is 45.6 Å². The van der Waals surface area contributed by atoms with Crippen LogP contribution in [0.4, 0.5) is 10.5 Å². The minimum absolute atomic E-state index is 0.200. The van der Waals surface area contributed by atoms with Gasteiger partial charge >= 0.3 is 6.03 Å². The first-order chi connectivity index (χ1) is 18.9. The standard InChI is InChI=1S/C30H32Cl2N4O3/c1-4-6-9-18-35(30(38)34-26-17-12-20(31)19-24(26)32)27(5-2)28-33-25-11-8-7-10-23(25)29(37)36(28)21-13-15-22(39-3)16-14-21/h7-8,10-17,19,27H,4-6,9,18H2,1-3H3,(H,34,38). The summed E-state index contributed by atoms with van der Waals surface area (Å²) in [6.45, 7) is 4.58. The predicted octanol–water partition coefficient (Wildman–Crippen LogP) is 7.88.